The van der Waals surface area contributed by atoms with Gasteiger partial charge < -0.3 is 10.6 Å². The van der Waals surface area contributed by atoms with Gasteiger partial charge in [-0.05, 0) is 36.6 Å². The summed E-state index contributed by atoms with van der Waals surface area (Å²) in [5, 5.41) is 5.01. The van der Waals surface area contributed by atoms with E-state index in [1.54, 1.807) is 0 Å². The summed E-state index contributed by atoms with van der Waals surface area (Å²) in [5.41, 5.74) is -2.86. The number of unbranched alkanes of at least 4 members (excludes halogenated alkanes) is 3. The van der Waals surface area contributed by atoms with Crippen LogP contribution in [0.5, 0.6) is 0 Å². The molecular formula is C17H22F6N2O. The highest BCUT2D eigenvalue weighted by Gasteiger charge is 2.36. The number of carbonyl (C=O) groups is 1. The van der Waals surface area contributed by atoms with E-state index < -0.39 is 29.5 Å². The van der Waals surface area contributed by atoms with Gasteiger partial charge in [-0.1, -0.05) is 26.2 Å². The minimum atomic E-state index is -4.88. The van der Waals surface area contributed by atoms with Crippen LogP contribution in [0.2, 0.25) is 0 Å². The van der Waals surface area contributed by atoms with Gasteiger partial charge in [0.1, 0.15) is 0 Å². The van der Waals surface area contributed by atoms with Crippen LogP contribution in [0.4, 0.5) is 31.1 Å². The zero-order chi connectivity index (χ0) is 19.8. The van der Waals surface area contributed by atoms with Crippen molar-refractivity contribution < 1.29 is 31.1 Å². The van der Waals surface area contributed by atoms with Gasteiger partial charge in [-0.3, -0.25) is 0 Å². The van der Waals surface area contributed by atoms with Crippen molar-refractivity contribution in [1.29, 1.82) is 0 Å². The fourth-order valence-electron chi connectivity index (χ4n) is 2.30. The summed E-state index contributed by atoms with van der Waals surface area (Å²) in [6.07, 6.45) is -6.00. The zero-order valence-corrected chi connectivity index (χ0v) is 14.4. The minimum Gasteiger partial charge on any atom is -0.338 e. The Kier molecular flexibility index (Phi) is 8.23. The Morgan fingerprint density at radius 2 is 1.38 bits per heavy atom. The fraction of sp³-hybridized carbons (Fsp3) is 0.588. The Labute approximate surface area is 148 Å². The van der Waals surface area contributed by atoms with Crippen LogP contribution in [-0.2, 0) is 18.8 Å². The van der Waals surface area contributed by atoms with Gasteiger partial charge in [0.2, 0.25) is 0 Å². The van der Waals surface area contributed by atoms with Crippen molar-refractivity contribution in [1.82, 2.24) is 10.6 Å². The average Bonchev–Trinajstić information content (AvgIpc) is 2.53. The van der Waals surface area contributed by atoms with Crippen molar-refractivity contribution in [2.75, 3.05) is 13.1 Å². The average molecular weight is 384 g/mol. The molecule has 26 heavy (non-hydrogen) atoms. The maximum atomic E-state index is 12.8. The Hall–Kier alpha value is -1.93. The van der Waals surface area contributed by atoms with Gasteiger partial charge in [0, 0.05) is 13.1 Å². The summed E-state index contributed by atoms with van der Waals surface area (Å²) in [7, 11) is 0. The highest BCUT2D eigenvalue weighted by atomic mass is 19.4. The molecule has 0 heterocycles. The molecule has 148 valence electrons. The number of halogens is 6. The molecule has 0 aromatic heterocycles. The molecule has 0 saturated heterocycles. The van der Waals surface area contributed by atoms with E-state index in [4.69, 9.17) is 0 Å². The summed E-state index contributed by atoms with van der Waals surface area (Å²) >= 11 is 0. The molecule has 2 N–H and O–H groups in total. The molecule has 0 saturated carbocycles. The lowest BCUT2D eigenvalue weighted by Gasteiger charge is -2.14. The predicted molar refractivity (Wildman–Crippen MR) is 85.7 cm³/mol. The zero-order valence-electron chi connectivity index (χ0n) is 14.4. The monoisotopic (exact) mass is 384 g/mol. The molecule has 1 rings (SSSR count). The van der Waals surface area contributed by atoms with Crippen LogP contribution in [0.15, 0.2) is 18.2 Å². The Bertz CT molecular complexity index is 551. The molecule has 9 heteroatoms. The largest absolute Gasteiger partial charge is 0.416 e. The number of rotatable bonds is 8. The lowest BCUT2D eigenvalue weighted by atomic mass is 10.0. The molecule has 0 unspecified atom stereocenters. The Balaban J connectivity index is 2.60. The minimum absolute atomic E-state index is 0.0700. The number of hydrogen-bond acceptors (Lipinski definition) is 1. The van der Waals surface area contributed by atoms with E-state index in [0.717, 1.165) is 25.7 Å². The van der Waals surface area contributed by atoms with E-state index in [2.05, 4.69) is 17.6 Å². The molecule has 2 amide bonds. The number of amides is 2. The number of urea groups is 1. The van der Waals surface area contributed by atoms with Crippen molar-refractivity contribution in [3.05, 3.63) is 34.9 Å². The van der Waals surface area contributed by atoms with Crippen LogP contribution in [-0.4, -0.2) is 19.1 Å². The van der Waals surface area contributed by atoms with Crippen LogP contribution in [0.1, 0.15) is 49.3 Å². The molecule has 0 aliphatic rings. The highest BCUT2D eigenvalue weighted by molar-refractivity contribution is 5.73. The van der Waals surface area contributed by atoms with Crippen molar-refractivity contribution >= 4 is 6.03 Å². The van der Waals surface area contributed by atoms with Crippen LogP contribution < -0.4 is 10.6 Å². The van der Waals surface area contributed by atoms with Crippen molar-refractivity contribution in [2.45, 2.75) is 51.4 Å². The molecule has 0 radical (unpaired) electrons. The molecule has 0 bridgehead atoms. The first-order valence-electron chi connectivity index (χ1n) is 8.34. The standard InChI is InChI=1S/C17H22F6N2O/c1-2-3-4-5-7-24-15(26)25-8-6-12-9-13(16(18,19)20)11-14(10-12)17(21,22)23/h9-11H,2-8H2,1H3,(H2,24,25,26). The first kappa shape index (κ1) is 22.1. The Morgan fingerprint density at radius 3 is 1.88 bits per heavy atom. The van der Waals surface area contributed by atoms with Gasteiger partial charge in [0.25, 0.3) is 0 Å². The molecule has 0 aliphatic heterocycles. The third kappa shape index (κ3) is 7.97. The van der Waals surface area contributed by atoms with Gasteiger partial charge in [-0.25, -0.2) is 4.79 Å². The molecule has 0 atom stereocenters. The van der Waals surface area contributed by atoms with Gasteiger partial charge in [0.05, 0.1) is 11.1 Å². The SMILES string of the molecule is CCCCCCNC(=O)NCCc1cc(C(F)(F)F)cc(C(F)(F)F)c1. The second-order valence-corrected chi connectivity index (χ2v) is 5.91. The maximum absolute atomic E-state index is 12.8. The molecule has 1 aromatic rings. The second kappa shape index (κ2) is 9.68. The summed E-state index contributed by atoms with van der Waals surface area (Å²) in [4.78, 5) is 11.5. The number of alkyl halides is 6. The van der Waals surface area contributed by atoms with Gasteiger partial charge in [-0.2, -0.15) is 26.3 Å². The van der Waals surface area contributed by atoms with Crippen LogP contribution in [0.25, 0.3) is 0 Å². The normalized spacial score (nSPS) is 12.1. The van der Waals surface area contributed by atoms with E-state index in [9.17, 15) is 31.1 Å². The molecule has 1 aromatic carbocycles. The van der Waals surface area contributed by atoms with Gasteiger partial charge in [0.15, 0.2) is 0 Å². The molecular weight excluding hydrogens is 362 g/mol. The first-order chi connectivity index (χ1) is 12.0. The lowest BCUT2D eigenvalue weighted by Crippen LogP contribution is -2.37. The summed E-state index contributed by atoms with van der Waals surface area (Å²) in [6.45, 7) is 2.45. The number of nitrogens with one attached hydrogen (secondary N) is 2. The number of carbonyl (C=O) groups excluding carboxylic acids is 1. The molecule has 0 fully saturated rings. The maximum Gasteiger partial charge on any atom is 0.416 e. The Morgan fingerprint density at radius 1 is 0.846 bits per heavy atom. The van der Waals surface area contributed by atoms with Crippen molar-refractivity contribution in [3.63, 3.8) is 0 Å². The number of benzene rings is 1. The summed E-state index contributed by atoms with van der Waals surface area (Å²) < 4.78 is 76.6. The van der Waals surface area contributed by atoms with E-state index in [-0.39, 0.29) is 24.6 Å². The molecule has 0 spiro atoms. The molecule has 0 aliphatic carbocycles. The van der Waals surface area contributed by atoms with Gasteiger partial charge in [-0.15, -0.1) is 0 Å². The third-order valence-electron chi connectivity index (χ3n) is 3.66. The fourth-order valence-corrected chi connectivity index (χ4v) is 2.30. The van der Waals surface area contributed by atoms with Crippen molar-refractivity contribution in [2.24, 2.45) is 0 Å². The van der Waals surface area contributed by atoms with Crippen LogP contribution in [0, 0.1) is 0 Å². The quantitative estimate of drug-likeness (QED) is 0.473. The first-order valence-corrected chi connectivity index (χ1v) is 8.34. The third-order valence-corrected chi connectivity index (χ3v) is 3.66. The topological polar surface area (TPSA) is 41.1 Å². The van der Waals surface area contributed by atoms with E-state index in [1.807, 2.05) is 0 Å². The summed E-state index contributed by atoms with van der Waals surface area (Å²) in [6, 6.07) is 0.920. The predicted octanol–water partition coefficient (Wildman–Crippen LogP) is 5.15. The van der Waals surface area contributed by atoms with E-state index in [1.165, 1.54) is 0 Å². The van der Waals surface area contributed by atoms with E-state index >= 15 is 0 Å². The van der Waals surface area contributed by atoms with Crippen LogP contribution >= 0.6 is 0 Å². The lowest BCUT2D eigenvalue weighted by molar-refractivity contribution is -0.143. The highest BCUT2D eigenvalue weighted by Crippen LogP contribution is 2.36. The second-order valence-electron chi connectivity index (χ2n) is 5.91. The van der Waals surface area contributed by atoms with Crippen molar-refractivity contribution in [3.8, 4) is 0 Å². The van der Waals surface area contributed by atoms with E-state index in [0.29, 0.717) is 18.7 Å². The molecule has 3 nitrogen and oxygen atoms in total. The number of hydrogen-bond donors (Lipinski definition) is 2. The summed E-state index contributed by atoms with van der Waals surface area (Å²) in [5.74, 6) is 0. The van der Waals surface area contributed by atoms with Crippen LogP contribution in [0.3, 0.4) is 0 Å². The smallest absolute Gasteiger partial charge is 0.338 e. The van der Waals surface area contributed by atoms with Gasteiger partial charge >= 0.3 is 18.4 Å².